The summed E-state index contributed by atoms with van der Waals surface area (Å²) in [6, 6.07) is 11.6. The molecule has 0 aliphatic heterocycles. The number of benzene rings is 1. The van der Waals surface area contributed by atoms with Gasteiger partial charge in [0.15, 0.2) is 0 Å². The monoisotopic (exact) mass is 270 g/mol. The van der Waals surface area contributed by atoms with Gasteiger partial charge in [-0.25, -0.2) is 0 Å². The zero-order valence-corrected chi connectivity index (χ0v) is 11.0. The van der Waals surface area contributed by atoms with Crippen molar-refractivity contribution in [3.63, 3.8) is 0 Å². The second-order valence-electron chi connectivity index (χ2n) is 4.02. The van der Waals surface area contributed by atoms with Crippen molar-refractivity contribution in [2.75, 3.05) is 0 Å². The molecule has 0 N–H and O–H groups in total. The molecule has 1 aromatic heterocycles. The lowest BCUT2D eigenvalue weighted by atomic mass is 10.1. The Bertz CT molecular complexity index is 740. The third-order valence-electron chi connectivity index (χ3n) is 2.71. The summed E-state index contributed by atoms with van der Waals surface area (Å²) < 4.78 is 1.20. The molecule has 1 heterocycles. The molecule has 0 unspecified atom stereocenters. The zero-order chi connectivity index (χ0) is 14.0. The van der Waals surface area contributed by atoms with Crippen LogP contribution < -0.4 is 5.56 Å². The Morgan fingerprint density at radius 3 is 2.37 bits per heavy atom. The Hall–Kier alpha value is -2.32. The van der Waals surface area contributed by atoms with E-state index in [0.717, 1.165) is 5.56 Å². The van der Waals surface area contributed by atoms with Gasteiger partial charge in [0.2, 0.25) is 5.12 Å². The normalized spacial score (nSPS) is 9.95. The topological polar surface area (TPSA) is 62.9 Å². The second-order valence-corrected chi connectivity index (χ2v) is 4.43. The number of pyridine rings is 1. The highest BCUT2D eigenvalue weighted by Crippen LogP contribution is 2.15. The predicted octanol–water partition coefficient (Wildman–Crippen LogP) is 2.09. The van der Waals surface area contributed by atoms with Crippen LogP contribution >= 0.6 is 12.6 Å². The number of rotatable bonds is 2. The van der Waals surface area contributed by atoms with Crippen LogP contribution in [0, 0.1) is 18.3 Å². The number of nitriles is 1. The van der Waals surface area contributed by atoms with Crippen molar-refractivity contribution in [2.24, 2.45) is 0 Å². The molecule has 0 aliphatic rings. The summed E-state index contributed by atoms with van der Waals surface area (Å²) in [4.78, 5) is 23.6. The number of carbonyl (C=O) groups is 1. The summed E-state index contributed by atoms with van der Waals surface area (Å²) in [5.74, 6) is 0. The minimum Gasteiger partial charge on any atom is -0.280 e. The summed E-state index contributed by atoms with van der Waals surface area (Å²) in [5.41, 5.74) is 1.31. The maximum absolute atomic E-state index is 12.0. The van der Waals surface area contributed by atoms with Gasteiger partial charge in [0.05, 0.1) is 5.56 Å². The van der Waals surface area contributed by atoms with Crippen LogP contribution in [0.15, 0.2) is 41.2 Å². The molecule has 5 heteroatoms. The van der Waals surface area contributed by atoms with Gasteiger partial charge < -0.3 is 0 Å². The van der Waals surface area contributed by atoms with E-state index in [4.69, 9.17) is 5.26 Å². The van der Waals surface area contributed by atoms with Crippen molar-refractivity contribution in [2.45, 2.75) is 6.92 Å². The number of carbonyl (C=O) groups excluding carboxylic acids is 1. The molecular formula is C14H10N2O2S. The lowest BCUT2D eigenvalue weighted by Crippen LogP contribution is -2.23. The van der Waals surface area contributed by atoms with Gasteiger partial charge >= 0.3 is 0 Å². The molecule has 2 aromatic rings. The third-order valence-corrected chi connectivity index (χ3v) is 2.92. The second kappa shape index (κ2) is 5.12. The molecule has 0 saturated carbocycles. The van der Waals surface area contributed by atoms with E-state index in [-0.39, 0.29) is 16.8 Å². The van der Waals surface area contributed by atoms with Crippen LogP contribution in [0.5, 0.6) is 0 Å². The molecule has 0 spiro atoms. The fourth-order valence-electron chi connectivity index (χ4n) is 1.79. The van der Waals surface area contributed by atoms with Gasteiger partial charge in [-0.3, -0.25) is 14.2 Å². The van der Waals surface area contributed by atoms with Crippen LogP contribution in [0.1, 0.15) is 21.6 Å². The number of hydrogen-bond acceptors (Lipinski definition) is 3. The maximum atomic E-state index is 12.0. The number of nitrogens with zero attached hydrogens (tertiary/aromatic N) is 2. The molecule has 0 aliphatic carbocycles. The van der Waals surface area contributed by atoms with Crippen LogP contribution in [0.3, 0.4) is 0 Å². The fourth-order valence-corrected chi connectivity index (χ4v) is 2.01. The van der Waals surface area contributed by atoms with Gasteiger partial charge in [-0.05, 0) is 25.1 Å². The first-order chi connectivity index (χ1) is 9.04. The van der Waals surface area contributed by atoms with E-state index in [9.17, 15) is 9.59 Å². The smallest absolute Gasteiger partial charge is 0.255 e. The van der Waals surface area contributed by atoms with Crippen molar-refractivity contribution in [1.82, 2.24) is 4.57 Å². The van der Waals surface area contributed by atoms with Crippen LogP contribution in [0.25, 0.3) is 5.69 Å². The molecular weight excluding hydrogens is 260 g/mol. The van der Waals surface area contributed by atoms with E-state index >= 15 is 0 Å². The Labute approximate surface area is 115 Å². The molecule has 0 amide bonds. The Kier molecular flexibility index (Phi) is 3.54. The van der Waals surface area contributed by atoms with Crippen LogP contribution in [0.2, 0.25) is 0 Å². The highest BCUT2D eigenvalue weighted by molar-refractivity contribution is 7.97. The Morgan fingerprint density at radius 1 is 1.21 bits per heavy atom. The molecule has 0 radical (unpaired) electrons. The van der Waals surface area contributed by atoms with Gasteiger partial charge in [-0.1, -0.05) is 30.3 Å². The van der Waals surface area contributed by atoms with Gasteiger partial charge in [-0.2, -0.15) is 5.26 Å². The van der Waals surface area contributed by atoms with Crippen molar-refractivity contribution in [3.05, 3.63) is 63.6 Å². The van der Waals surface area contributed by atoms with Crippen LogP contribution in [-0.4, -0.2) is 9.68 Å². The van der Waals surface area contributed by atoms with Crippen molar-refractivity contribution < 1.29 is 4.79 Å². The van der Waals surface area contributed by atoms with E-state index in [1.807, 2.05) is 25.1 Å². The number of aromatic nitrogens is 1. The van der Waals surface area contributed by atoms with Gasteiger partial charge in [0, 0.05) is 11.8 Å². The largest absolute Gasteiger partial charge is 0.280 e. The molecule has 0 bridgehead atoms. The van der Waals surface area contributed by atoms with E-state index < -0.39 is 5.12 Å². The van der Waals surface area contributed by atoms with E-state index in [1.165, 1.54) is 16.7 Å². The first-order valence-electron chi connectivity index (χ1n) is 5.51. The highest BCUT2D eigenvalue weighted by atomic mass is 32.1. The standard InChI is InChI=1S/C14H10N2O2S/c1-9-2-5-11(6-3-9)16-12(17)7-4-10(8-15)13(16)14(18)19/h2-7H,1H3,(H,18,19). The molecule has 94 valence electrons. The number of hydrogen-bond donors (Lipinski definition) is 1. The van der Waals surface area contributed by atoms with Crippen LogP contribution in [0.4, 0.5) is 0 Å². The quantitative estimate of drug-likeness (QED) is 0.850. The van der Waals surface area contributed by atoms with Crippen molar-refractivity contribution >= 4 is 17.7 Å². The Balaban J connectivity index is 2.82. The molecule has 1 aromatic carbocycles. The summed E-state index contributed by atoms with van der Waals surface area (Å²) in [6.07, 6.45) is 0. The molecule has 19 heavy (non-hydrogen) atoms. The van der Waals surface area contributed by atoms with Crippen molar-refractivity contribution in [1.29, 1.82) is 5.26 Å². The van der Waals surface area contributed by atoms with E-state index in [1.54, 1.807) is 12.1 Å². The summed E-state index contributed by atoms with van der Waals surface area (Å²) in [5, 5.41) is 8.41. The summed E-state index contributed by atoms with van der Waals surface area (Å²) in [7, 11) is 0. The average molecular weight is 270 g/mol. The zero-order valence-electron chi connectivity index (χ0n) is 10.1. The number of aryl methyl sites for hydroxylation is 1. The minimum absolute atomic E-state index is 0.0119. The van der Waals surface area contributed by atoms with Crippen molar-refractivity contribution in [3.8, 4) is 11.8 Å². The molecule has 4 nitrogen and oxygen atoms in total. The minimum atomic E-state index is -0.616. The van der Waals surface area contributed by atoms with Crippen LogP contribution in [-0.2, 0) is 0 Å². The molecule has 0 atom stereocenters. The molecule has 2 rings (SSSR count). The molecule has 0 fully saturated rings. The summed E-state index contributed by atoms with van der Waals surface area (Å²) in [6.45, 7) is 1.92. The van der Waals surface area contributed by atoms with E-state index in [2.05, 4.69) is 12.6 Å². The average Bonchev–Trinajstić information content (AvgIpc) is 2.39. The lowest BCUT2D eigenvalue weighted by Gasteiger charge is -2.11. The Morgan fingerprint density at radius 2 is 1.84 bits per heavy atom. The maximum Gasteiger partial charge on any atom is 0.255 e. The first-order valence-corrected chi connectivity index (χ1v) is 5.96. The van der Waals surface area contributed by atoms with E-state index in [0.29, 0.717) is 5.69 Å². The van der Waals surface area contributed by atoms with Gasteiger partial charge in [0.25, 0.3) is 5.56 Å². The summed E-state index contributed by atoms with van der Waals surface area (Å²) >= 11 is 3.75. The molecule has 0 saturated heterocycles. The van der Waals surface area contributed by atoms with Gasteiger partial charge in [0.1, 0.15) is 11.8 Å². The highest BCUT2D eigenvalue weighted by Gasteiger charge is 2.16. The SMILES string of the molecule is Cc1ccc(-n2c(C(=O)S)c(C#N)ccc2=O)cc1. The number of thiol groups is 1. The van der Waals surface area contributed by atoms with Gasteiger partial charge in [-0.15, -0.1) is 0 Å². The predicted molar refractivity (Wildman–Crippen MR) is 74.8 cm³/mol. The third kappa shape index (κ3) is 2.44. The fraction of sp³-hybridized carbons (Fsp3) is 0.0714. The first kappa shape index (κ1) is 13.1. The lowest BCUT2D eigenvalue weighted by molar-refractivity contribution is 0.108.